The van der Waals surface area contributed by atoms with Gasteiger partial charge in [0.2, 0.25) is 0 Å². The molecule has 114 valence electrons. The van der Waals surface area contributed by atoms with Gasteiger partial charge in [-0.05, 0) is 41.0 Å². The van der Waals surface area contributed by atoms with Crippen LogP contribution in [0.5, 0.6) is 0 Å². The number of allylic oxidation sites excluding steroid dienone is 1. The summed E-state index contributed by atoms with van der Waals surface area (Å²) in [4.78, 5) is 24.2. The van der Waals surface area contributed by atoms with Gasteiger partial charge >= 0.3 is 6.09 Å². The minimum atomic E-state index is -0.494. The fraction of sp³-hybridized carbons (Fsp3) is 0.733. The van der Waals surface area contributed by atoms with Crippen molar-refractivity contribution in [2.45, 2.75) is 64.0 Å². The summed E-state index contributed by atoms with van der Waals surface area (Å²) in [7, 11) is 0. The lowest BCUT2D eigenvalue weighted by atomic mass is 10.2. The zero-order chi connectivity index (χ0) is 15.4. The number of amides is 1. The van der Waals surface area contributed by atoms with E-state index in [1.54, 1.807) is 16.7 Å². The number of hydrogen-bond acceptors (Lipinski definition) is 4. The van der Waals surface area contributed by atoms with Crippen LogP contribution in [0.3, 0.4) is 0 Å². The highest BCUT2D eigenvalue weighted by Crippen LogP contribution is 2.40. The molecule has 0 N–H and O–H groups in total. The summed E-state index contributed by atoms with van der Waals surface area (Å²) in [6.45, 7) is 9.67. The van der Waals surface area contributed by atoms with Crippen LogP contribution in [0.4, 0.5) is 4.79 Å². The maximum atomic E-state index is 12.4. The molecule has 4 nitrogen and oxygen atoms in total. The van der Waals surface area contributed by atoms with Crippen molar-refractivity contribution in [1.29, 1.82) is 0 Å². The first-order valence-corrected chi connectivity index (χ1v) is 7.92. The van der Waals surface area contributed by atoms with Crippen molar-refractivity contribution >= 4 is 24.1 Å². The van der Waals surface area contributed by atoms with E-state index < -0.39 is 5.60 Å². The SMILES string of the molecule is CC(C)(C)OC(=O)N1[C@H](/C=C\CCC=O)CSC1(C)C. The first-order valence-electron chi connectivity index (χ1n) is 6.94. The Balaban J connectivity index is 2.77. The largest absolute Gasteiger partial charge is 0.444 e. The van der Waals surface area contributed by atoms with Crippen molar-refractivity contribution in [2.24, 2.45) is 0 Å². The van der Waals surface area contributed by atoms with Gasteiger partial charge in [0.05, 0.1) is 10.9 Å². The number of nitrogens with zero attached hydrogens (tertiary/aromatic N) is 1. The van der Waals surface area contributed by atoms with Crippen LogP contribution in [0, 0.1) is 0 Å². The van der Waals surface area contributed by atoms with Crippen molar-refractivity contribution in [3.8, 4) is 0 Å². The quantitative estimate of drug-likeness (QED) is 0.452. The molecule has 1 rings (SSSR count). The Morgan fingerprint density at radius 1 is 1.40 bits per heavy atom. The van der Waals surface area contributed by atoms with Gasteiger partial charge in [0.15, 0.2) is 0 Å². The molecule has 5 heteroatoms. The molecule has 0 aromatic rings. The molecule has 0 saturated carbocycles. The Morgan fingerprint density at radius 3 is 2.60 bits per heavy atom. The summed E-state index contributed by atoms with van der Waals surface area (Å²) in [5, 5.41) is 0. The van der Waals surface area contributed by atoms with Gasteiger partial charge in [0.1, 0.15) is 11.9 Å². The first kappa shape index (κ1) is 17.1. The Hall–Kier alpha value is -0.970. The second-order valence-electron chi connectivity index (χ2n) is 6.35. The molecule has 0 bridgehead atoms. The minimum absolute atomic E-state index is 0.0245. The van der Waals surface area contributed by atoms with E-state index in [9.17, 15) is 9.59 Å². The molecule has 1 saturated heterocycles. The fourth-order valence-electron chi connectivity index (χ4n) is 2.06. The molecule has 0 unspecified atom stereocenters. The second kappa shape index (κ2) is 6.66. The second-order valence-corrected chi connectivity index (χ2v) is 7.97. The summed E-state index contributed by atoms with van der Waals surface area (Å²) in [6.07, 6.45) is 5.84. The number of thioether (sulfide) groups is 1. The van der Waals surface area contributed by atoms with E-state index in [0.717, 1.165) is 12.0 Å². The average Bonchev–Trinajstić information content (AvgIpc) is 2.58. The number of ether oxygens (including phenoxy) is 1. The van der Waals surface area contributed by atoms with Crippen molar-refractivity contribution in [3.63, 3.8) is 0 Å². The molecule has 1 heterocycles. The van der Waals surface area contributed by atoms with Gasteiger partial charge in [-0.3, -0.25) is 4.90 Å². The third-order valence-electron chi connectivity index (χ3n) is 2.92. The van der Waals surface area contributed by atoms with E-state index in [-0.39, 0.29) is 17.0 Å². The Morgan fingerprint density at radius 2 is 2.05 bits per heavy atom. The number of rotatable bonds is 4. The lowest BCUT2D eigenvalue weighted by Gasteiger charge is -2.35. The predicted molar refractivity (Wildman–Crippen MR) is 82.8 cm³/mol. The standard InChI is InChI=1S/C15H25NO3S/c1-14(2,3)19-13(18)16-12(9-7-6-8-10-17)11-20-15(16,4)5/h7,9-10,12H,6,8,11H2,1-5H3/b9-7-/t12-/m1/s1. The molecule has 1 atom stereocenters. The number of aldehydes is 1. The molecule has 0 aromatic heterocycles. The lowest BCUT2D eigenvalue weighted by molar-refractivity contribution is -0.107. The predicted octanol–water partition coefficient (Wildman–Crippen LogP) is 3.61. The number of carbonyl (C=O) groups is 2. The van der Waals surface area contributed by atoms with E-state index in [1.165, 1.54) is 0 Å². The van der Waals surface area contributed by atoms with E-state index in [4.69, 9.17) is 4.74 Å². The highest BCUT2D eigenvalue weighted by Gasteiger charge is 2.44. The molecular formula is C15H25NO3S. The molecule has 0 aromatic carbocycles. The third kappa shape index (κ3) is 4.85. The molecule has 1 aliphatic heterocycles. The van der Waals surface area contributed by atoms with E-state index >= 15 is 0 Å². The smallest absolute Gasteiger partial charge is 0.411 e. The summed E-state index contributed by atoms with van der Waals surface area (Å²) in [5.41, 5.74) is -0.494. The van der Waals surface area contributed by atoms with Crippen LogP contribution in [-0.4, -0.2) is 39.5 Å². The van der Waals surface area contributed by atoms with Crippen LogP contribution in [0.25, 0.3) is 0 Å². The molecule has 0 radical (unpaired) electrons. The van der Waals surface area contributed by atoms with Gasteiger partial charge in [0, 0.05) is 12.2 Å². The van der Waals surface area contributed by atoms with Gasteiger partial charge in [-0.2, -0.15) is 0 Å². The zero-order valence-corrected chi connectivity index (χ0v) is 13.8. The van der Waals surface area contributed by atoms with Crippen molar-refractivity contribution in [3.05, 3.63) is 12.2 Å². The van der Waals surface area contributed by atoms with E-state index in [0.29, 0.717) is 12.8 Å². The van der Waals surface area contributed by atoms with Gasteiger partial charge < -0.3 is 9.53 Å². The van der Waals surface area contributed by atoms with Crippen molar-refractivity contribution in [1.82, 2.24) is 4.90 Å². The monoisotopic (exact) mass is 299 g/mol. The molecule has 0 spiro atoms. The van der Waals surface area contributed by atoms with Crippen molar-refractivity contribution in [2.75, 3.05) is 5.75 Å². The number of unbranched alkanes of at least 4 members (excludes halogenated alkanes) is 1. The van der Waals surface area contributed by atoms with Gasteiger partial charge in [-0.15, -0.1) is 11.8 Å². The Bertz CT molecular complexity index is 385. The summed E-state index contributed by atoms with van der Waals surface area (Å²) >= 11 is 1.74. The summed E-state index contributed by atoms with van der Waals surface area (Å²) in [5.74, 6) is 0.851. The molecule has 1 fully saturated rings. The first-order chi connectivity index (χ1) is 9.17. The normalized spacial score (nSPS) is 22.2. The van der Waals surface area contributed by atoms with Crippen LogP contribution in [0.2, 0.25) is 0 Å². The molecule has 1 aliphatic rings. The van der Waals surface area contributed by atoms with Gasteiger partial charge in [0.25, 0.3) is 0 Å². The van der Waals surface area contributed by atoms with Gasteiger partial charge in [-0.25, -0.2) is 4.79 Å². The van der Waals surface area contributed by atoms with Crippen molar-refractivity contribution < 1.29 is 14.3 Å². The minimum Gasteiger partial charge on any atom is -0.444 e. The Labute approximate surface area is 125 Å². The number of hydrogen-bond donors (Lipinski definition) is 0. The molecule has 1 amide bonds. The topological polar surface area (TPSA) is 46.6 Å². The highest BCUT2D eigenvalue weighted by atomic mass is 32.2. The molecule has 0 aliphatic carbocycles. The van der Waals surface area contributed by atoms with E-state index in [2.05, 4.69) is 0 Å². The van der Waals surface area contributed by atoms with Crippen LogP contribution >= 0.6 is 11.8 Å². The van der Waals surface area contributed by atoms with Crippen LogP contribution in [0.15, 0.2) is 12.2 Å². The average molecular weight is 299 g/mol. The lowest BCUT2D eigenvalue weighted by Crippen LogP contribution is -2.48. The zero-order valence-electron chi connectivity index (χ0n) is 13.0. The fourth-order valence-corrected chi connectivity index (χ4v) is 3.25. The number of carbonyl (C=O) groups excluding carboxylic acids is 2. The maximum absolute atomic E-state index is 12.4. The third-order valence-corrected chi connectivity index (χ3v) is 4.33. The summed E-state index contributed by atoms with van der Waals surface area (Å²) < 4.78 is 5.50. The summed E-state index contributed by atoms with van der Waals surface area (Å²) in [6, 6.07) is 0.0245. The van der Waals surface area contributed by atoms with Crippen LogP contribution < -0.4 is 0 Å². The molecule has 20 heavy (non-hydrogen) atoms. The molecular weight excluding hydrogens is 274 g/mol. The highest BCUT2D eigenvalue weighted by molar-refractivity contribution is 8.00. The van der Waals surface area contributed by atoms with Gasteiger partial charge in [-0.1, -0.05) is 12.2 Å². The van der Waals surface area contributed by atoms with E-state index in [1.807, 2.05) is 46.8 Å². The van der Waals surface area contributed by atoms with Crippen LogP contribution in [-0.2, 0) is 9.53 Å². The Kier molecular flexibility index (Phi) is 5.68. The van der Waals surface area contributed by atoms with Crippen LogP contribution in [0.1, 0.15) is 47.5 Å². The maximum Gasteiger partial charge on any atom is 0.411 e.